The fourth-order valence-corrected chi connectivity index (χ4v) is 2.17. The van der Waals surface area contributed by atoms with Crippen molar-refractivity contribution in [1.82, 2.24) is 4.98 Å². The molecule has 1 aliphatic rings. The van der Waals surface area contributed by atoms with Crippen LogP contribution in [0.2, 0.25) is 0 Å². The van der Waals surface area contributed by atoms with Gasteiger partial charge in [-0.2, -0.15) is 0 Å². The summed E-state index contributed by atoms with van der Waals surface area (Å²) in [5.41, 5.74) is 3.24. The normalized spacial score (nSPS) is 15.7. The average molecular weight is 267 g/mol. The molecule has 1 aliphatic heterocycles. The molecule has 0 unspecified atom stereocenters. The second-order valence-electron chi connectivity index (χ2n) is 4.65. The van der Waals surface area contributed by atoms with Crippen LogP contribution in [-0.4, -0.2) is 37.5 Å². The van der Waals surface area contributed by atoms with Crippen molar-refractivity contribution < 1.29 is 4.74 Å². The Morgan fingerprint density at radius 3 is 2.40 bits per heavy atom. The Hall–Kier alpha value is -2.20. The number of aromatic nitrogens is 1. The van der Waals surface area contributed by atoms with Gasteiger partial charge in [-0.25, -0.2) is 0 Å². The molecule has 2 heterocycles. The van der Waals surface area contributed by atoms with Gasteiger partial charge in [0.1, 0.15) is 0 Å². The van der Waals surface area contributed by atoms with Crippen molar-refractivity contribution in [3.8, 4) is 0 Å². The highest BCUT2D eigenvalue weighted by molar-refractivity contribution is 5.81. The summed E-state index contributed by atoms with van der Waals surface area (Å²) >= 11 is 0. The lowest BCUT2D eigenvalue weighted by atomic mass is 10.2. The number of ether oxygens (including phenoxy) is 1. The molecule has 1 aromatic carbocycles. The monoisotopic (exact) mass is 267 g/mol. The smallest absolute Gasteiger partial charge is 0.0642 e. The van der Waals surface area contributed by atoms with Crippen molar-refractivity contribution in [3.05, 3.63) is 54.4 Å². The number of hydrogen-bond donors (Lipinski definition) is 0. The fourth-order valence-electron chi connectivity index (χ4n) is 2.17. The van der Waals surface area contributed by atoms with Crippen molar-refractivity contribution in [1.29, 1.82) is 0 Å². The van der Waals surface area contributed by atoms with Crippen LogP contribution in [0.15, 0.2) is 53.8 Å². The molecule has 0 aliphatic carbocycles. The third-order valence-electron chi connectivity index (χ3n) is 3.29. The van der Waals surface area contributed by atoms with E-state index in [9.17, 15) is 0 Å². The number of hydrogen-bond acceptors (Lipinski definition) is 4. The quantitative estimate of drug-likeness (QED) is 0.802. The second kappa shape index (κ2) is 6.30. The minimum atomic E-state index is 0.807. The molecule has 1 saturated heterocycles. The molecule has 0 spiro atoms. The molecule has 0 bridgehead atoms. The largest absolute Gasteiger partial charge is 0.378 e. The Morgan fingerprint density at radius 1 is 1.00 bits per heavy atom. The number of anilines is 1. The van der Waals surface area contributed by atoms with Gasteiger partial charge in [0.05, 0.1) is 18.9 Å². The third kappa shape index (κ3) is 3.22. The van der Waals surface area contributed by atoms with Crippen LogP contribution >= 0.6 is 0 Å². The van der Waals surface area contributed by atoms with Gasteiger partial charge < -0.3 is 9.64 Å². The van der Waals surface area contributed by atoms with Crippen molar-refractivity contribution >= 4 is 17.6 Å². The van der Waals surface area contributed by atoms with Gasteiger partial charge >= 0.3 is 0 Å². The van der Waals surface area contributed by atoms with Gasteiger partial charge in [-0.15, -0.1) is 0 Å². The molecule has 1 aromatic heterocycles. The summed E-state index contributed by atoms with van der Waals surface area (Å²) in [7, 11) is 0. The lowest BCUT2D eigenvalue weighted by Crippen LogP contribution is -2.36. The molecule has 20 heavy (non-hydrogen) atoms. The number of nitrogens with zero attached hydrogens (tertiary/aromatic N) is 3. The van der Waals surface area contributed by atoms with Crippen LogP contribution in [-0.2, 0) is 4.74 Å². The molecule has 0 N–H and O–H groups in total. The molecular weight excluding hydrogens is 250 g/mol. The van der Waals surface area contributed by atoms with Gasteiger partial charge in [-0.05, 0) is 42.0 Å². The van der Waals surface area contributed by atoms with Crippen LogP contribution in [0.1, 0.15) is 5.56 Å². The van der Waals surface area contributed by atoms with Crippen molar-refractivity contribution in [3.63, 3.8) is 0 Å². The third-order valence-corrected chi connectivity index (χ3v) is 3.29. The van der Waals surface area contributed by atoms with Gasteiger partial charge in [0.25, 0.3) is 0 Å². The predicted octanol–water partition coefficient (Wildman–Crippen LogP) is 2.67. The molecule has 1 fully saturated rings. The van der Waals surface area contributed by atoms with E-state index in [2.05, 4.69) is 27.0 Å². The van der Waals surface area contributed by atoms with Crippen molar-refractivity contribution in [2.24, 2.45) is 4.99 Å². The van der Waals surface area contributed by atoms with E-state index < -0.39 is 0 Å². The first-order chi connectivity index (χ1) is 9.92. The van der Waals surface area contributed by atoms with Gasteiger partial charge in [0.15, 0.2) is 0 Å². The molecule has 4 heteroatoms. The summed E-state index contributed by atoms with van der Waals surface area (Å²) < 4.78 is 5.36. The first kappa shape index (κ1) is 12.8. The van der Waals surface area contributed by atoms with Gasteiger partial charge in [0, 0.05) is 37.4 Å². The highest BCUT2D eigenvalue weighted by Crippen LogP contribution is 2.20. The zero-order valence-electron chi connectivity index (χ0n) is 11.3. The molecule has 0 atom stereocenters. The minimum absolute atomic E-state index is 0.807. The standard InChI is InChI=1S/C16H17N3O/c1-3-16(19-9-11-20-12-10-19)4-2-15(1)18-13-14-5-7-17-8-6-14/h1-8,13H,9-12H2. The van der Waals surface area contributed by atoms with E-state index in [0.717, 1.165) is 37.6 Å². The van der Waals surface area contributed by atoms with Crippen molar-refractivity contribution in [2.75, 3.05) is 31.2 Å². The van der Waals surface area contributed by atoms with Gasteiger partial charge in [-0.1, -0.05) is 0 Å². The first-order valence-corrected chi connectivity index (χ1v) is 6.79. The lowest BCUT2D eigenvalue weighted by Gasteiger charge is -2.28. The number of aliphatic imine (C=N–C) groups is 1. The number of rotatable bonds is 3. The van der Waals surface area contributed by atoms with E-state index in [4.69, 9.17) is 4.74 Å². The van der Waals surface area contributed by atoms with Crippen LogP contribution in [0, 0.1) is 0 Å². The molecule has 0 saturated carbocycles. The lowest BCUT2D eigenvalue weighted by molar-refractivity contribution is 0.122. The molecule has 0 amide bonds. The fraction of sp³-hybridized carbons (Fsp3) is 0.250. The van der Waals surface area contributed by atoms with Crippen LogP contribution in [0.5, 0.6) is 0 Å². The van der Waals surface area contributed by atoms with E-state index in [1.54, 1.807) is 12.4 Å². The van der Waals surface area contributed by atoms with E-state index in [1.165, 1.54) is 5.69 Å². The Balaban J connectivity index is 1.68. The molecule has 4 nitrogen and oxygen atoms in total. The zero-order valence-corrected chi connectivity index (χ0v) is 11.3. The summed E-state index contributed by atoms with van der Waals surface area (Å²) in [6.07, 6.45) is 5.39. The molecule has 102 valence electrons. The van der Waals surface area contributed by atoms with E-state index in [1.807, 2.05) is 30.5 Å². The predicted molar refractivity (Wildman–Crippen MR) is 81.0 cm³/mol. The summed E-state index contributed by atoms with van der Waals surface area (Å²) in [6, 6.07) is 12.2. The summed E-state index contributed by atoms with van der Waals surface area (Å²) in [6.45, 7) is 3.53. The highest BCUT2D eigenvalue weighted by Gasteiger charge is 2.10. The second-order valence-corrected chi connectivity index (χ2v) is 4.65. The maximum absolute atomic E-state index is 5.36. The van der Waals surface area contributed by atoms with Gasteiger partial charge in [-0.3, -0.25) is 9.98 Å². The Bertz CT molecular complexity index is 560. The summed E-state index contributed by atoms with van der Waals surface area (Å²) in [5, 5.41) is 0. The number of pyridine rings is 1. The van der Waals surface area contributed by atoms with Crippen LogP contribution in [0.4, 0.5) is 11.4 Å². The number of benzene rings is 1. The van der Waals surface area contributed by atoms with E-state index in [-0.39, 0.29) is 0 Å². The molecule has 3 rings (SSSR count). The maximum atomic E-state index is 5.36. The highest BCUT2D eigenvalue weighted by atomic mass is 16.5. The van der Waals surface area contributed by atoms with Crippen LogP contribution in [0.25, 0.3) is 0 Å². The zero-order chi connectivity index (χ0) is 13.6. The average Bonchev–Trinajstić information content (AvgIpc) is 2.55. The maximum Gasteiger partial charge on any atom is 0.0642 e. The summed E-state index contributed by atoms with van der Waals surface area (Å²) in [5.74, 6) is 0. The molecule has 2 aromatic rings. The van der Waals surface area contributed by atoms with Gasteiger partial charge in [0.2, 0.25) is 0 Å². The Kier molecular flexibility index (Phi) is 4.04. The van der Waals surface area contributed by atoms with Crippen LogP contribution in [0.3, 0.4) is 0 Å². The summed E-state index contributed by atoms with van der Waals surface area (Å²) in [4.78, 5) is 10.8. The molecular formula is C16H17N3O. The van der Waals surface area contributed by atoms with E-state index >= 15 is 0 Å². The van der Waals surface area contributed by atoms with Crippen LogP contribution < -0.4 is 4.90 Å². The van der Waals surface area contributed by atoms with Crippen molar-refractivity contribution in [2.45, 2.75) is 0 Å². The topological polar surface area (TPSA) is 37.7 Å². The van der Waals surface area contributed by atoms with E-state index in [0.29, 0.717) is 0 Å². The minimum Gasteiger partial charge on any atom is -0.378 e. The number of morpholine rings is 1. The Morgan fingerprint density at radius 2 is 1.70 bits per heavy atom. The molecule has 0 radical (unpaired) electrons. The first-order valence-electron chi connectivity index (χ1n) is 6.79. The Labute approximate surface area is 118 Å². The SMILES string of the molecule is C(=Nc1ccc(N2CCOCC2)cc1)c1ccncc1.